The Morgan fingerprint density at radius 1 is 1.58 bits per heavy atom. The van der Waals surface area contributed by atoms with Crippen molar-refractivity contribution in [2.45, 2.75) is 13.8 Å². The minimum atomic E-state index is -0.302. The third-order valence-electron chi connectivity index (χ3n) is 1.27. The first kappa shape index (κ1) is 11.6. The molecule has 0 N–H and O–H groups in total. The van der Waals surface area contributed by atoms with Gasteiger partial charge in [0.1, 0.15) is 0 Å². The molecule has 0 radical (unpaired) electrons. The number of hydrogen-bond acceptors (Lipinski definition) is 2. The van der Waals surface area contributed by atoms with Gasteiger partial charge in [0, 0.05) is 19.5 Å². The lowest BCUT2D eigenvalue weighted by Gasteiger charge is -2.16. The van der Waals surface area contributed by atoms with Crippen molar-refractivity contribution in [3.8, 4) is 0 Å². The number of halogens is 1. The van der Waals surface area contributed by atoms with E-state index in [4.69, 9.17) is 16.3 Å². The summed E-state index contributed by atoms with van der Waals surface area (Å²) in [7, 11) is 1.67. The Hall–Kier alpha value is -0.440. The molecule has 0 fully saturated rings. The van der Waals surface area contributed by atoms with Gasteiger partial charge in [-0.15, -0.1) is 11.6 Å². The average molecular weight is 194 g/mol. The molecule has 12 heavy (non-hydrogen) atoms. The van der Waals surface area contributed by atoms with Gasteiger partial charge in [0.05, 0.1) is 6.61 Å². The summed E-state index contributed by atoms with van der Waals surface area (Å²) in [5.41, 5.74) is 0. The maximum absolute atomic E-state index is 11.1. The molecule has 0 aromatic carbocycles. The summed E-state index contributed by atoms with van der Waals surface area (Å²) in [6.07, 6.45) is -0.302. The van der Waals surface area contributed by atoms with Gasteiger partial charge in [-0.25, -0.2) is 4.79 Å². The molecule has 0 aromatic rings. The van der Waals surface area contributed by atoms with Crippen LogP contribution in [-0.2, 0) is 4.74 Å². The molecule has 0 saturated heterocycles. The van der Waals surface area contributed by atoms with Gasteiger partial charge in [0.2, 0.25) is 0 Å². The van der Waals surface area contributed by atoms with E-state index in [0.29, 0.717) is 24.9 Å². The molecule has 0 spiro atoms. The number of ether oxygens (including phenoxy) is 1. The zero-order chi connectivity index (χ0) is 9.56. The van der Waals surface area contributed by atoms with Crippen LogP contribution in [0, 0.1) is 5.92 Å². The van der Waals surface area contributed by atoms with Gasteiger partial charge in [-0.2, -0.15) is 0 Å². The molecule has 0 bridgehead atoms. The number of alkyl halides is 1. The lowest BCUT2D eigenvalue weighted by atomic mass is 10.2. The van der Waals surface area contributed by atoms with Crippen molar-refractivity contribution >= 4 is 17.7 Å². The lowest BCUT2D eigenvalue weighted by molar-refractivity contribution is 0.102. The highest BCUT2D eigenvalue weighted by molar-refractivity contribution is 6.18. The number of nitrogens with zero attached hydrogens (tertiary/aromatic N) is 1. The molecule has 72 valence electrons. The quantitative estimate of drug-likeness (QED) is 0.639. The highest BCUT2D eigenvalue weighted by Crippen LogP contribution is 1.96. The second-order valence-corrected chi connectivity index (χ2v) is 3.46. The van der Waals surface area contributed by atoms with Gasteiger partial charge < -0.3 is 9.64 Å². The van der Waals surface area contributed by atoms with Gasteiger partial charge in [-0.3, -0.25) is 0 Å². The summed E-state index contributed by atoms with van der Waals surface area (Å²) in [4.78, 5) is 12.6. The van der Waals surface area contributed by atoms with E-state index in [2.05, 4.69) is 0 Å². The van der Waals surface area contributed by atoms with Crippen LogP contribution in [0.25, 0.3) is 0 Å². The summed E-state index contributed by atoms with van der Waals surface area (Å²) in [6, 6.07) is 0. The largest absolute Gasteiger partial charge is 0.449 e. The predicted octanol–water partition coefficient (Wildman–Crippen LogP) is 1.95. The highest BCUT2D eigenvalue weighted by atomic mass is 35.5. The van der Waals surface area contributed by atoms with Crippen LogP contribution in [0.4, 0.5) is 4.79 Å². The van der Waals surface area contributed by atoms with Gasteiger partial charge in [-0.05, 0) is 5.92 Å². The van der Waals surface area contributed by atoms with E-state index in [-0.39, 0.29) is 6.09 Å². The maximum atomic E-state index is 11.1. The number of carbonyl (C=O) groups excluding carboxylic acids is 1. The van der Waals surface area contributed by atoms with E-state index in [9.17, 15) is 4.79 Å². The molecule has 0 aliphatic rings. The fourth-order valence-electron chi connectivity index (χ4n) is 0.566. The van der Waals surface area contributed by atoms with E-state index < -0.39 is 0 Å². The van der Waals surface area contributed by atoms with Crippen LogP contribution in [-0.4, -0.2) is 37.1 Å². The second-order valence-electron chi connectivity index (χ2n) is 3.08. The van der Waals surface area contributed by atoms with E-state index in [1.54, 1.807) is 7.05 Å². The monoisotopic (exact) mass is 193 g/mol. The Balaban J connectivity index is 3.57. The molecule has 0 rings (SSSR count). The average Bonchev–Trinajstić information content (AvgIpc) is 2.00. The maximum Gasteiger partial charge on any atom is 0.409 e. The van der Waals surface area contributed by atoms with Crippen molar-refractivity contribution in [3.63, 3.8) is 0 Å². The Morgan fingerprint density at radius 3 is 2.58 bits per heavy atom. The molecular weight excluding hydrogens is 178 g/mol. The Labute approximate surface area is 78.6 Å². The van der Waals surface area contributed by atoms with Gasteiger partial charge in [0.25, 0.3) is 0 Å². The minimum Gasteiger partial charge on any atom is -0.449 e. The second kappa shape index (κ2) is 6.12. The molecule has 0 aromatic heterocycles. The van der Waals surface area contributed by atoms with Crippen molar-refractivity contribution in [1.29, 1.82) is 0 Å². The Kier molecular flexibility index (Phi) is 5.89. The number of amides is 1. The number of carbonyl (C=O) groups is 1. The molecule has 4 heteroatoms. The van der Waals surface area contributed by atoms with Crippen LogP contribution in [0.1, 0.15) is 13.8 Å². The molecule has 0 aliphatic heterocycles. The lowest BCUT2D eigenvalue weighted by Crippen LogP contribution is -2.30. The smallest absolute Gasteiger partial charge is 0.409 e. The van der Waals surface area contributed by atoms with Gasteiger partial charge >= 0.3 is 6.09 Å². The van der Waals surface area contributed by atoms with Crippen molar-refractivity contribution in [2.75, 3.05) is 26.1 Å². The van der Waals surface area contributed by atoms with Gasteiger partial charge in [0.15, 0.2) is 0 Å². The van der Waals surface area contributed by atoms with E-state index in [1.807, 2.05) is 13.8 Å². The highest BCUT2D eigenvalue weighted by Gasteiger charge is 2.08. The van der Waals surface area contributed by atoms with Crippen LogP contribution in [0.15, 0.2) is 0 Å². The third-order valence-corrected chi connectivity index (χ3v) is 1.44. The van der Waals surface area contributed by atoms with Crippen molar-refractivity contribution in [1.82, 2.24) is 4.90 Å². The zero-order valence-corrected chi connectivity index (χ0v) is 8.60. The molecular formula is C8H16ClNO2. The van der Waals surface area contributed by atoms with Crippen LogP contribution in [0.5, 0.6) is 0 Å². The van der Waals surface area contributed by atoms with Crippen molar-refractivity contribution < 1.29 is 9.53 Å². The Bertz CT molecular complexity index is 139. The molecule has 0 atom stereocenters. The summed E-state index contributed by atoms with van der Waals surface area (Å²) in [5.74, 6) is 0.811. The molecule has 0 aliphatic carbocycles. The first-order chi connectivity index (χ1) is 5.57. The SMILES string of the molecule is CC(C)COC(=O)N(C)CCCl. The molecule has 0 unspecified atom stereocenters. The van der Waals surface area contributed by atoms with Crippen LogP contribution in [0.3, 0.4) is 0 Å². The molecule has 0 saturated carbocycles. The molecule has 1 amide bonds. The van der Waals surface area contributed by atoms with Crippen LogP contribution >= 0.6 is 11.6 Å². The summed E-state index contributed by atoms with van der Waals surface area (Å²) in [6.45, 7) is 4.98. The molecule has 0 heterocycles. The summed E-state index contributed by atoms with van der Waals surface area (Å²) in [5, 5.41) is 0. The summed E-state index contributed by atoms with van der Waals surface area (Å²) < 4.78 is 4.95. The topological polar surface area (TPSA) is 29.5 Å². The Morgan fingerprint density at radius 2 is 2.17 bits per heavy atom. The first-order valence-corrected chi connectivity index (χ1v) is 4.55. The molecule has 3 nitrogen and oxygen atoms in total. The standard InChI is InChI=1S/C8H16ClNO2/c1-7(2)6-12-8(11)10(3)5-4-9/h7H,4-6H2,1-3H3. The third kappa shape index (κ3) is 5.24. The number of rotatable bonds is 4. The van der Waals surface area contributed by atoms with E-state index >= 15 is 0 Å². The number of hydrogen-bond donors (Lipinski definition) is 0. The zero-order valence-electron chi connectivity index (χ0n) is 7.84. The first-order valence-electron chi connectivity index (χ1n) is 4.01. The predicted molar refractivity (Wildman–Crippen MR) is 49.5 cm³/mol. The fourth-order valence-corrected chi connectivity index (χ4v) is 0.820. The van der Waals surface area contributed by atoms with Crippen LogP contribution in [0.2, 0.25) is 0 Å². The minimum absolute atomic E-state index is 0.302. The van der Waals surface area contributed by atoms with Gasteiger partial charge in [-0.1, -0.05) is 13.8 Å². The van der Waals surface area contributed by atoms with Crippen molar-refractivity contribution in [3.05, 3.63) is 0 Å². The van der Waals surface area contributed by atoms with E-state index in [1.165, 1.54) is 4.90 Å². The van der Waals surface area contributed by atoms with Crippen molar-refractivity contribution in [2.24, 2.45) is 5.92 Å². The van der Waals surface area contributed by atoms with E-state index in [0.717, 1.165) is 0 Å². The summed E-state index contributed by atoms with van der Waals surface area (Å²) >= 11 is 5.45. The normalized spacial score (nSPS) is 10.1. The van der Waals surface area contributed by atoms with Crippen LogP contribution < -0.4 is 0 Å². The fraction of sp³-hybridized carbons (Fsp3) is 0.875.